The van der Waals surface area contributed by atoms with Crippen LogP contribution in [0.5, 0.6) is 0 Å². The van der Waals surface area contributed by atoms with E-state index in [1.165, 1.54) is 0 Å². The van der Waals surface area contributed by atoms with Gasteiger partial charge in [-0.1, -0.05) is 0 Å². The standard InChI is InChI=1S/C14H31O10P3/c1-7-18-25(15,19-8-2)13-14(26(16,20-9-3)21-10-4)24-27(17,22-11-5)23-12-6/h13H,7-12H2,1-6H3/b14-13+. The summed E-state index contributed by atoms with van der Waals surface area (Å²) >= 11 is 0. The molecule has 0 rings (SSSR count). The first-order valence-electron chi connectivity index (χ1n) is 8.78. The molecule has 0 aromatic heterocycles. The molecule has 0 fully saturated rings. The van der Waals surface area contributed by atoms with Gasteiger partial charge in [-0.05, 0) is 41.5 Å². The van der Waals surface area contributed by atoms with Gasteiger partial charge in [-0.15, -0.1) is 0 Å². The molecule has 0 aliphatic heterocycles. The Morgan fingerprint density at radius 1 is 0.630 bits per heavy atom. The van der Waals surface area contributed by atoms with Crippen molar-refractivity contribution in [1.29, 1.82) is 0 Å². The molecular weight excluding hydrogens is 421 g/mol. The Morgan fingerprint density at radius 3 is 1.33 bits per heavy atom. The largest absolute Gasteiger partial charge is 0.530 e. The van der Waals surface area contributed by atoms with Crippen molar-refractivity contribution < 1.29 is 45.4 Å². The minimum atomic E-state index is -4.18. The van der Waals surface area contributed by atoms with E-state index in [1.54, 1.807) is 41.5 Å². The third-order valence-corrected chi connectivity index (χ3v) is 8.19. The van der Waals surface area contributed by atoms with E-state index in [1.807, 2.05) is 0 Å². The van der Waals surface area contributed by atoms with Crippen LogP contribution in [0.25, 0.3) is 0 Å². The molecule has 0 aliphatic rings. The minimum absolute atomic E-state index is 0.00723. The van der Waals surface area contributed by atoms with E-state index < -0.39 is 28.5 Å². The zero-order valence-corrected chi connectivity index (χ0v) is 19.4. The highest BCUT2D eigenvalue weighted by Gasteiger charge is 2.42. The van der Waals surface area contributed by atoms with Gasteiger partial charge in [0.2, 0.25) is 5.50 Å². The quantitative estimate of drug-likeness (QED) is 0.219. The second-order valence-corrected chi connectivity index (χ2v) is 9.95. The molecule has 0 saturated carbocycles. The molecule has 0 radical (unpaired) electrons. The lowest BCUT2D eigenvalue weighted by Crippen LogP contribution is -2.06. The Bertz CT molecular complexity index is 562. The first kappa shape index (κ1) is 27.0. The van der Waals surface area contributed by atoms with Crippen LogP contribution in [0.4, 0.5) is 0 Å². The highest BCUT2D eigenvalue weighted by atomic mass is 31.2. The molecule has 0 aromatic carbocycles. The summed E-state index contributed by atoms with van der Waals surface area (Å²) in [5.74, 6) is 0.844. The van der Waals surface area contributed by atoms with Crippen molar-refractivity contribution in [3.8, 4) is 0 Å². The van der Waals surface area contributed by atoms with Gasteiger partial charge in [0.05, 0.1) is 45.5 Å². The Morgan fingerprint density at radius 2 is 1.00 bits per heavy atom. The van der Waals surface area contributed by atoms with Crippen molar-refractivity contribution in [2.75, 3.05) is 39.6 Å². The van der Waals surface area contributed by atoms with Gasteiger partial charge in [0.15, 0.2) is 0 Å². The molecule has 10 nitrogen and oxygen atoms in total. The van der Waals surface area contributed by atoms with Crippen LogP contribution in [-0.2, 0) is 45.4 Å². The van der Waals surface area contributed by atoms with Crippen LogP contribution < -0.4 is 0 Å². The van der Waals surface area contributed by atoms with Crippen LogP contribution >= 0.6 is 23.0 Å². The Kier molecular flexibility index (Phi) is 13.3. The second kappa shape index (κ2) is 13.3. The van der Waals surface area contributed by atoms with Gasteiger partial charge >= 0.3 is 23.0 Å². The first-order valence-corrected chi connectivity index (χ1v) is 13.4. The molecule has 0 heterocycles. The molecular formula is C14H31O10P3. The summed E-state index contributed by atoms with van der Waals surface area (Å²) in [7, 11) is -12.2. The fraction of sp³-hybridized carbons (Fsp3) is 0.857. The highest BCUT2D eigenvalue weighted by Crippen LogP contribution is 2.66. The molecule has 0 bridgehead atoms. The van der Waals surface area contributed by atoms with Gasteiger partial charge in [0, 0.05) is 0 Å². The van der Waals surface area contributed by atoms with Gasteiger partial charge in [-0.25, -0.2) is 4.57 Å². The molecule has 0 N–H and O–H groups in total. The third-order valence-electron chi connectivity index (χ3n) is 2.53. The van der Waals surface area contributed by atoms with Gasteiger partial charge in [-0.3, -0.25) is 18.2 Å². The molecule has 27 heavy (non-hydrogen) atoms. The molecule has 162 valence electrons. The van der Waals surface area contributed by atoms with E-state index in [2.05, 4.69) is 0 Å². The van der Waals surface area contributed by atoms with Gasteiger partial charge < -0.3 is 22.6 Å². The summed E-state index contributed by atoms with van der Waals surface area (Å²) in [6.45, 7) is 9.58. The summed E-state index contributed by atoms with van der Waals surface area (Å²) in [4.78, 5) is 0. The lowest BCUT2D eigenvalue weighted by atomic mass is 10.9. The van der Waals surface area contributed by atoms with Crippen molar-refractivity contribution in [1.82, 2.24) is 0 Å². The second-order valence-electron chi connectivity index (χ2n) is 4.55. The Hall–Kier alpha value is -0.0100. The molecule has 0 saturated heterocycles. The van der Waals surface area contributed by atoms with Gasteiger partial charge in [-0.2, -0.15) is 0 Å². The molecule has 0 aliphatic carbocycles. The molecule has 0 spiro atoms. The molecule has 13 heteroatoms. The van der Waals surface area contributed by atoms with E-state index in [0.717, 1.165) is 5.82 Å². The van der Waals surface area contributed by atoms with Crippen LogP contribution in [0.1, 0.15) is 41.5 Å². The smallest absolute Gasteiger partial charge is 0.395 e. The lowest BCUT2D eigenvalue weighted by molar-refractivity contribution is 0.141. The van der Waals surface area contributed by atoms with Crippen LogP contribution in [-0.4, -0.2) is 39.6 Å². The van der Waals surface area contributed by atoms with Crippen molar-refractivity contribution in [3.05, 3.63) is 11.3 Å². The number of phosphoric acid groups is 1. The maximum atomic E-state index is 13.2. The number of hydrogen-bond donors (Lipinski definition) is 0. The SMILES string of the molecule is CCOP(=O)(/C=C(\OP(=O)(OCC)OCC)P(=O)(OCC)OCC)OCC. The van der Waals surface area contributed by atoms with Crippen molar-refractivity contribution in [3.63, 3.8) is 0 Å². The minimum Gasteiger partial charge on any atom is -0.395 e. The lowest BCUT2D eigenvalue weighted by Gasteiger charge is -2.24. The van der Waals surface area contributed by atoms with E-state index >= 15 is 0 Å². The summed E-state index contributed by atoms with van der Waals surface area (Å²) < 4.78 is 75.0. The first-order chi connectivity index (χ1) is 12.7. The number of hydrogen-bond acceptors (Lipinski definition) is 10. The average molecular weight is 452 g/mol. The molecule has 0 aromatic rings. The zero-order chi connectivity index (χ0) is 21.0. The summed E-state index contributed by atoms with van der Waals surface area (Å²) in [6, 6.07) is 0. The van der Waals surface area contributed by atoms with Crippen LogP contribution in [0, 0.1) is 0 Å². The number of rotatable bonds is 16. The fourth-order valence-corrected chi connectivity index (χ4v) is 6.92. The Balaban J connectivity index is 6.29. The van der Waals surface area contributed by atoms with Gasteiger partial charge in [0.25, 0.3) is 0 Å². The molecule has 0 amide bonds. The van der Waals surface area contributed by atoms with E-state index in [9.17, 15) is 13.7 Å². The van der Waals surface area contributed by atoms with Crippen LogP contribution in [0.2, 0.25) is 0 Å². The topological polar surface area (TPSA) is 116 Å². The monoisotopic (exact) mass is 452 g/mol. The van der Waals surface area contributed by atoms with E-state index in [4.69, 9.17) is 31.7 Å². The van der Waals surface area contributed by atoms with Crippen molar-refractivity contribution in [2.45, 2.75) is 41.5 Å². The van der Waals surface area contributed by atoms with E-state index in [-0.39, 0.29) is 39.6 Å². The molecule has 0 atom stereocenters. The van der Waals surface area contributed by atoms with Crippen molar-refractivity contribution in [2.24, 2.45) is 0 Å². The van der Waals surface area contributed by atoms with Crippen molar-refractivity contribution >= 4 is 23.0 Å². The maximum absolute atomic E-state index is 13.2. The fourth-order valence-electron chi connectivity index (χ4n) is 1.78. The summed E-state index contributed by atoms with van der Waals surface area (Å²) in [6.07, 6.45) is 0. The summed E-state index contributed by atoms with van der Waals surface area (Å²) in [5.41, 5.74) is -0.610. The average Bonchev–Trinajstić information content (AvgIpc) is 2.55. The normalized spacial score (nSPS) is 13.8. The maximum Gasteiger partial charge on any atom is 0.530 e. The Labute approximate surface area is 161 Å². The van der Waals surface area contributed by atoms with Crippen LogP contribution in [0.15, 0.2) is 11.3 Å². The third kappa shape index (κ3) is 9.35. The predicted molar refractivity (Wildman–Crippen MR) is 102 cm³/mol. The summed E-state index contributed by atoms with van der Waals surface area (Å²) in [5, 5.41) is 0. The molecule has 0 unspecified atom stereocenters. The zero-order valence-electron chi connectivity index (χ0n) is 16.7. The van der Waals surface area contributed by atoms with Gasteiger partial charge in [0.1, 0.15) is 0 Å². The highest BCUT2D eigenvalue weighted by molar-refractivity contribution is 7.62. The van der Waals surface area contributed by atoms with Crippen LogP contribution in [0.3, 0.4) is 0 Å². The van der Waals surface area contributed by atoms with E-state index in [0.29, 0.717) is 0 Å². The number of phosphoric ester groups is 1. The predicted octanol–water partition coefficient (Wildman–Crippen LogP) is 5.52.